The number of hydrogen-bond acceptors (Lipinski definition) is 3. The summed E-state index contributed by atoms with van der Waals surface area (Å²) in [7, 11) is -3.61. The van der Waals surface area contributed by atoms with E-state index in [1.54, 1.807) is 22.5 Å². The average Bonchev–Trinajstić information content (AvgIpc) is 2.73. The van der Waals surface area contributed by atoms with Gasteiger partial charge in [-0.25, -0.2) is 8.42 Å². The highest BCUT2D eigenvalue weighted by Crippen LogP contribution is 2.30. The maximum absolute atomic E-state index is 13.2. The van der Waals surface area contributed by atoms with Crippen molar-refractivity contribution in [2.45, 2.75) is 50.5 Å². The number of benzene rings is 2. The lowest BCUT2D eigenvalue weighted by molar-refractivity contribution is 0.0932. The molecule has 160 valence electrons. The lowest BCUT2D eigenvalue weighted by Gasteiger charge is -2.34. The maximum Gasteiger partial charge on any atom is 0.251 e. The highest BCUT2D eigenvalue weighted by Gasteiger charge is 2.32. The number of carbonyl (C=O) groups excluding carboxylic acids is 1. The first-order valence-corrected chi connectivity index (χ1v) is 12.3. The topological polar surface area (TPSA) is 66.5 Å². The molecule has 2 aliphatic rings. The van der Waals surface area contributed by atoms with Crippen LogP contribution >= 0.6 is 0 Å². The Kier molecular flexibility index (Phi) is 5.98. The second-order valence-corrected chi connectivity index (χ2v) is 10.9. The van der Waals surface area contributed by atoms with Crippen LogP contribution in [-0.4, -0.2) is 31.7 Å². The molecule has 1 amide bonds. The predicted octanol–water partition coefficient (Wildman–Crippen LogP) is 4.16. The Labute approximate surface area is 179 Å². The molecule has 4 rings (SSSR count). The predicted molar refractivity (Wildman–Crippen MR) is 118 cm³/mol. The van der Waals surface area contributed by atoms with Crippen molar-refractivity contribution < 1.29 is 13.2 Å². The Hall–Kier alpha value is -2.18. The molecule has 6 heteroatoms. The fourth-order valence-electron chi connectivity index (χ4n) is 4.89. The molecule has 0 bridgehead atoms. The van der Waals surface area contributed by atoms with E-state index in [0.717, 1.165) is 31.2 Å². The summed E-state index contributed by atoms with van der Waals surface area (Å²) < 4.78 is 28.0. The molecule has 0 saturated carbocycles. The summed E-state index contributed by atoms with van der Waals surface area (Å²) in [4.78, 5) is 13.2. The molecule has 1 heterocycles. The van der Waals surface area contributed by atoms with Crippen LogP contribution in [0.1, 0.15) is 60.6 Å². The summed E-state index contributed by atoms with van der Waals surface area (Å²) in [5.74, 6) is 0.442. The molecule has 1 N–H and O–H groups in total. The Morgan fingerprint density at radius 3 is 2.53 bits per heavy atom. The number of aryl methyl sites for hydroxylation is 1. The highest BCUT2D eigenvalue weighted by molar-refractivity contribution is 7.89. The van der Waals surface area contributed by atoms with Gasteiger partial charge in [-0.3, -0.25) is 4.79 Å². The summed E-state index contributed by atoms with van der Waals surface area (Å²) in [6, 6.07) is 14.6. The third-order valence-electron chi connectivity index (χ3n) is 6.24. The molecule has 1 aliphatic heterocycles. The molecule has 0 aromatic heterocycles. The van der Waals surface area contributed by atoms with Gasteiger partial charge >= 0.3 is 0 Å². The monoisotopic (exact) mass is 426 g/mol. The largest absolute Gasteiger partial charge is 0.345 e. The third kappa shape index (κ3) is 4.30. The second-order valence-electron chi connectivity index (χ2n) is 8.91. The van der Waals surface area contributed by atoms with Crippen LogP contribution in [0.3, 0.4) is 0 Å². The molecule has 2 aromatic carbocycles. The number of hydrogen-bond donors (Lipinski definition) is 1. The Bertz CT molecular complexity index is 1020. The molecule has 1 saturated heterocycles. The first kappa shape index (κ1) is 21.1. The van der Waals surface area contributed by atoms with E-state index >= 15 is 0 Å². The quantitative estimate of drug-likeness (QED) is 0.798. The van der Waals surface area contributed by atoms with Gasteiger partial charge in [0.2, 0.25) is 10.0 Å². The van der Waals surface area contributed by atoms with Gasteiger partial charge in [-0.15, -0.1) is 0 Å². The number of piperidine rings is 1. The van der Waals surface area contributed by atoms with Gasteiger partial charge in [-0.2, -0.15) is 4.31 Å². The van der Waals surface area contributed by atoms with Crippen molar-refractivity contribution in [1.29, 1.82) is 0 Å². The fourth-order valence-corrected chi connectivity index (χ4v) is 6.62. The van der Waals surface area contributed by atoms with E-state index in [1.165, 1.54) is 11.6 Å². The number of sulfonamides is 1. The molecule has 0 radical (unpaired) electrons. The van der Waals surface area contributed by atoms with E-state index in [2.05, 4.69) is 31.3 Å². The molecule has 0 spiro atoms. The minimum Gasteiger partial charge on any atom is -0.345 e. The van der Waals surface area contributed by atoms with Crippen LogP contribution in [0.2, 0.25) is 0 Å². The van der Waals surface area contributed by atoms with Gasteiger partial charge in [0.1, 0.15) is 0 Å². The summed E-state index contributed by atoms with van der Waals surface area (Å²) >= 11 is 0. The van der Waals surface area contributed by atoms with Crippen LogP contribution in [0.15, 0.2) is 53.4 Å². The van der Waals surface area contributed by atoms with E-state index in [9.17, 15) is 13.2 Å². The van der Waals surface area contributed by atoms with Crippen molar-refractivity contribution in [3.05, 3.63) is 65.2 Å². The van der Waals surface area contributed by atoms with Crippen LogP contribution < -0.4 is 5.32 Å². The summed E-state index contributed by atoms with van der Waals surface area (Å²) in [5.41, 5.74) is 2.83. The van der Waals surface area contributed by atoms with Crippen molar-refractivity contribution in [3.8, 4) is 0 Å². The number of fused-ring (bicyclic) bond motifs is 1. The van der Waals surface area contributed by atoms with E-state index in [4.69, 9.17) is 0 Å². The van der Waals surface area contributed by atoms with Gasteiger partial charge in [-0.05, 0) is 66.8 Å². The van der Waals surface area contributed by atoms with Gasteiger partial charge in [0.15, 0.2) is 0 Å². The zero-order valence-corrected chi connectivity index (χ0v) is 18.5. The number of nitrogens with one attached hydrogen (secondary N) is 1. The highest BCUT2D eigenvalue weighted by atomic mass is 32.2. The van der Waals surface area contributed by atoms with Gasteiger partial charge in [0.25, 0.3) is 5.91 Å². The SMILES string of the molecule is CC1CC(C)CN(S(=O)(=O)c2cccc(C(=O)NC3CCCc4ccccc43)c2)C1. The number of carbonyl (C=O) groups is 1. The van der Waals surface area contributed by atoms with Gasteiger partial charge < -0.3 is 5.32 Å². The normalized spacial score (nSPS) is 24.8. The number of rotatable bonds is 4. The average molecular weight is 427 g/mol. The van der Waals surface area contributed by atoms with Crippen molar-refractivity contribution in [1.82, 2.24) is 9.62 Å². The Morgan fingerprint density at radius 2 is 1.77 bits per heavy atom. The zero-order valence-electron chi connectivity index (χ0n) is 17.7. The minimum atomic E-state index is -3.61. The van der Waals surface area contributed by atoms with Crippen molar-refractivity contribution in [2.75, 3.05) is 13.1 Å². The number of nitrogens with zero attached hydrogens (tertiary/aromatic N) is 1. The lowest BCUT2D eigenvalue weighted by atomic mass is 9.87. The summed E-state index contributed by atoms with van der Waals surface area (Å²) in [6.45, 7) is 5.23. The first-order chi connectivity index (χ1) is 14.3. The van der Waals surface area contributed by atoms with Gasteiger partial charge in [0, 0.05) is 18.7 Å². The molecule has 1 fully saturated rings. The molecule has 5 nitrogen and oxygen atoms in total. The van der Waals surface area contributed by atoms with Crippen LogP contribution in [-0.2, 0) is 16.4 Å². The van der Waals surface area contributed by atoms with Crippen molar-refractivity contribution in [3.63, 3.8) is 0 Å². The fraction of sp³-hybridized carbons (Fsp3) is 0.458. The van der Waals surface area contributed by atoms with Crippen LogP contribution in [0.25, 0.3) is 0 Å². The smallest absolute Gasteiger partial charge is 0.251 e. The zero-order chi connectivity index (χ0) is 21.3. The Morgan fingerprint density at radius 1 is 1.03 bits per heavy atom. The first-order valence-electron chi connectivity index (χ1n) is 10.8. The van der Waals surface area contributed by atoms with Crippen molar-refractivity contribution in [2.24, 2.45) is 11.8 Å². The molecule has 1 aliphatic carbocycles. The van der Waals surface area contributed by atoms with Gasteiger partial charge in [0.05, 0.1) is 10.9 Å². The third-order valence-corrected chi connectivity index (χ3v) is 8.07. The van der Waals surface area contributed by atoms with Crippen LogP contribution in [0.4, 0.5) is 0 Å². The molecule has 3 atom stereocenters. The van der Waals surface area contributed by atoms with Gasteiger partial charge in [-0.1, -0.05) is 44.2 Å². The molecular formula is C24H30N2O3S. The second kappa shape index (κ2) is 8.52. The lowest BCUT2D eigenvalue weighted by Crippen LogP contribution is -2.42. The standard InChI is InChI=1S/C24H30N2O3S/c1-17-13-18(2)16-26(15-17)30(28,29)21-10-5-9-20(14-21)24(27)25-23-12-6-8-19-7-3-4-11-22(19)23/h3-5,7,9-11,14,17-18,23H,6,8,12-13,15-16H2,1-2H3,(H,25,27). The van der Waals surface area contributed by atoms with E-state index in [-0.39, 0.29) is 16.8 Å². The molecule has 30 heavy (non-hydrogen) atoms. The van der Waals surface area contributed by atoms with Crippen LogP contribution in [0, 0.1) is 11.8 Å². The summed E-state index contributed by atoms with van der Waals surface area (Å²) in [6.07, 6.45) is 3.99. The summed E-state index contributed by atoms with van der Waals surface area (Å²) in [5, 5.41) is 3.12. The minimum absolute atomic E-state index is 0.0356. The number of amides is 1. The molecule has 2 aromatic rings. The van der Waals surface area contributed by atoms with Crippen LogP contribution in [0.5, 0.6) is 0 Å². The Balaban J connectivity index is 1.54. The molecule has 3 unspecified atom stereocenters. The van der Waals surface area contributed by atoms with E-state index < -0.39 is 10.0 Å². The molecular weight excluding hydrogens is 396 g/mol. The van der Waals surface area contributed by atoms with Crippen molar-refractivity contribution >= 4 is 15.9 Å². The van der Waals surface area contributed by atoms with E-state index in [0.29, 0.717) is 30.5 Å². The maximum atomic E-state index is 13.2. The van der Waals surface area contributed by atoms with E-state index in [1.807, 2.05) is 12.1 Å².